The number of aromatic hydroxyl groups is 2. The molecule has 0 radical (unpaired) electrons. The van der Waals surface area contributed by atoms with Gasteiger partial charge in [0, 0.05) is 35.6 Å². The summed E-state index contributed by atoms with van der Waals surface area (Å²) in [5.41, 5.74) is -2.27. The Morgan fingerprint density at radius 1 is 1.15 bits per heavy atom. The first-order valence-corrected chi connectivity index (χ1v) is 13.6. The normalized spacial score (nSPS) is 30.9. The highest BCUT2D eigenvalue weighted by atomic mass is 16.7. The molecule has 11 nitrogen and oxygen atoms in total. The highest BCUT2D eigenvalue weighted by Gasteiger charge is 2.53. The lowest BCUT2D eigenvalue weighted by Crippen LogP contribution is -2.54. The van der Waals surface area contributed by atoms with Crippen LogP contribution in [0.5, 0.6) is 11.5 Å². The lowest BCUT2D eigenvalue weighted by Gasteiger charge is -2.46. The molecule has 41 heavy (non-hydrogen) atoms. The fourth-order valence-electron chi connectivity index (χ4n) is 6.50. The van der Waals surface area contributed by atoms with E-state index in [0.29, 0.717) is 0 Å². The van der Waals surface area contributed by atoms with E-state index < -0.39 is 65.2 Å². The average molecular weight is 570 g/mol. The number of methoxy groups -OCH3 is 1. The summed E-state index contributed by atoms with van der Waals surface area (Å²) in [6.45, 7) is 3.41. The Bertz CT molecular complexity index is 1420. The number of rotatable bonds is 5. The van der Waals surface area contributed by atoms with Crippen LogP contribution in [0, 0.1) is 0 Å². The van der Waals surface area contributed by atoms with E-state index >= 15 is 0 Å². The van der Waals surface area contributed by atoms with Crippen LogP contribution in [0.3, 0.4) is 0 Å². The predicted octanol–water partition coefficient (Wildman–Crippen LogP) is 2.16. The van der Waals surface area contributed by atoms with E-state index in [-0.39, 0.29) is 58.7 Å². The first-order valence-electron chi connectivity index (χ1n) is 13.6. The second kappa shape index (κ2) is 10.5. The first kappa shape index (κ1) is 29.2. The van der Waals surface area contributed by atoms with Crippen molar-refractivity contribution in [2.24, 2.45) is 0 Å². The van der Waals surface area contributed by atoms with Crippen molar-refractivity contribution in [3.05, 3.63) is 57.6 Å². The van der Waals surface area contributed by atoms with Crippen LogP contribution in [-0.2, 0) is 19.0 Å². The summed E-state index contributed by atoms with van der Waals surface area (Å²) in [4.78, 5) is 42.1. The molecule has 11 heteroatoms. The second-order valence-electron chi connectivity index (χ2n) is 11.3. The van der Waals surface area contributed by atoms with Crippen LogP contribution in [0.25, 0.3) is 0 Å². The monoisotopic (exact) mass is 569 g/mol. The summed E-state index contributed by atoms with van der Waals surface area (Å²) in [7, 11) is 4.82. The molecule has 1 saturated heterocycles. The molecule has 0 bridgehead atoms. The Labute approximate surface area is 237 Å². The fourth-order valence-corrected chi connectivity index (χ4v) is 6.50. The molecular formula is C30H35NO10. The van der Waals surface area contributed by atoms with Crippen molar-refractivity contribution >= 4 is 17.5 Å². The van der Waals surface area contributed by atoms with Gasteiger partial charge in [-0.3, -0.25) is 14.4 Å². The average Bonchev–Trinajstić information content (AvgIpc) is 2.92. The third-order valence-corrected chi connectivity index (χ3v) is 8.77. The number of carbonyl (C=O) groups is 3. The zero-order valence-electron chi connectivity index (χ0n) is 23.6. The van der Waals surface area contributed by atoms with Gasteiger partial charge < -0.3 is 39.5 Å². The molecule has 4 unspecified atom stereocenters. The van der Waals surface area contributed by atoms with E-state index in [0.717, 1.165) is 0 Å². The molecule has 2 aromatic carbocycles. The first-order chi connectivity index (χ1) is 19.3. The zero-order valence-corrected chi connectivity index (χ0v) is 23.6. The number of carbonyl (C=O) groups excluding carboxylic acids is 3. The SMILES string of the molecule is CC[C@]1(O)C[C@@H](OC2CC(N(C)C)C(O)C(C)O2)c2c(cc3c(c2O)C(=O)c2c(O)cccc2C3=O)[C@@H]1C(=O)OC. The molecule has 0 aromatic heterocycles. The number of ether oxygens (including phenoxy) is 3. The number of benzene rings is 2. The molecule has 0 saturated carbocycles. The van der Waals surface area contributed by atoms with Gasteiger partial charge in [0.2, 0.25) is 5.78 Å². The van der Waals surface area contributed by atoms with Crippen molar-refractivity contribution in [2.45, 2.75) is 75.3 Å². The van der Waals surface area contributed by atoms with Crippen molar-refractivity contribution in [1.29, 1.82) is 0 Å². The van der Waals surface area contributed by atoms with Gasteiger partial charge >= 0.3 is 5.97 Å². The van der Waals surface area contributed by atoms with Gasteiger partial charge in [-0.1, -0.05) is 19.1 Å². The van der Waals surface area contributed by atoms with Gasteiger partial charge in [0.15, 0.2) is 12.1 Å². The van der Waals surface area contributed by atoms with Crippen LogP contribution in [0.1, 0.15) is 88.1 Å². The Morgan fingerprint density at radius 3 is 2.49 bits per heavy atom. The van der Waals surface area contributed by atoms with Crippen LogP contribution in [0.4, 0.5) is 0 Å². The molecule has 1 heterocycles. The highest BCUT2D eigenvalue weighted by molar-refractivity contribution is 6.30. The minimum absolute atomic E-state index is 0.0382. The third kappa shape index (κ3) is 4.52. The maximum Gasteiger partial charge on any atom is 0.316 e. The number of aliphatic hydroxyl groups excluding tert-OH is 1. The van der Waals surface area contributed by atoms with E-state index in [9.17, 15) is 34.8 Å². The number of likely N-dealkylation sites (N-methyl/N-ethyl adjacent to an activating group) is 1. The molecule has 5 rings (SSSR count). The lowest BCUT2D eigenvalue weighted by atomic mass is 9.67. The van der Waals surface area contributed by atoms with Gasteiger partial charge in [-0.05, 0) is 45.1 Å². The Hall–Kier alpha value is -3.35. The quantitative estimate of drug-likeness (QED) is 0.333. The summed E-state index contributed by atoms with van der Waals surface area (Å²) in [6, 6.07) is 5.14. The van der Waals surface area contributed by atoms with Crippen molar-refractivity contribution in [1.82, 2.24) is 4.90 Å². The van der Waals surface area contributed by atoms with Crippen LogP contribution in [0.15, 0.2) is 24.3 Å². The standard InChI is InChI=1S/C30H35NO10/c1-6-30(38)12-19(41-20-11-17(31(3)4)25(33)13(2)40-20)22-15(24(30)29(37)39-5)10-16-23(28(22)36)27(35)21-14(26(16)34)8-7-9-18(21)32/h7-10,13,17,19-20,24-25,32-33,36,38H,6,11-12H2,1-5H3/t13?,17?,19-,20?,24-,25?,30+/m1/s1. The molecule has 0 spiro atoms. The van der Waals surface area contributed by atoms with Gasteiger partial charge in [-0.15, -0.1) is 0 Å². The number of fused-ring (bicyclic) bond motifs is 3. The summed E-state index contributed by atoms with van der Waals surface area (Å²) in [5, 5.41) is 44.5. The maximum absolute atomic E-state index is 13.6. The van der Waals surface area contributed by atoms with E-state index in [2.05, 4.69) is 0 Å². The molecule has 220 valence electrons. The van der Waals surface area contributed by atoms with Crippen LogP contribution in [-0.4, -0.2) is 94.2 Å². The molecule has 1 aliphatic heterocycles. The van der Waals surface area contributed by atoms with E-state index in [1.54, 1.807) is 13.8 Å². The van der Waals surface area contributed by atoms with Gasteiger partial charge in [0.1, 0.15) is 17.4 Å². The molecular weight excluding hydrogens is 534 g/mol. The zero-order chi connectivity index (χ0) is 30.0. The number of esters is 1. The van der Waals surface area contributed by atoms with Gasteiger partial charge in [0.25, 0.3) is 0 Å². The van der Waals surface area contributed by atoms with E-state index in [4.69, 9.17) is 14.2 Å². The highest BCUT2D eigenvalue weighted by Crippen LogP contribution is 2.54. The van der Waals surface area contributed by atoms with Crippen LogP contribution >= 0.6 is 0 Å². The molecule has 0 amide bonds. The Kier molecular flexibility index (Phi) is 7.46. The predicted molar refractivity (Wildman–Crippen MR) is 144 cm³/mol. The third-order valence-electron chi connectivity index (χ3n) is 8.77. The largest absolute Gasteiger partial charge is 0.507 e. The summed E-state index contributed by atoms with van der Waals surface area (Å²) in [5.74, 6) is -4.42. The lowest BCUT2D eigenvalue weighted by molar-refractivity contribution is -0.258. The molecule has 3 aliphatic rings. The molecule has 7 atom stereocenters. The minimum atomic E-state index is -1.69. The van der Waals surface area contributed by atoms with Crippen molar-refractivity contribution < 1.29 is 49.0 Å². The molecule has 4 N–H and O–H groups in total. The van der Waals surface area contributed by atoms with Crippen LogP contribution in [0.2, 0.25) is 0 Å². The van der Waals surface area contributed by atoms with Crippen molar-refractivity contribution in [2.75, 3.05) is 21.2 Å². The van der Waals surface area contributed by atoms with Gasteiger partial charge in [-0.2, -0.15) is 0 Å². The number of aliphatic hydroxyl groups is 2. The molecule has 1 fully saturated rings. The Morgan fingerprint density at radius 2 is 1.85 bits per heavy atom. The number of hydrogen-bond donors (Lipinski definition) is 4. The fraction of sp³-hybridized carbons (Fsp3) is 0.500. The van der Waals surface area contributed by atoms with Crippen molar-refractivity contribution in [3.63, 3.8) is 0 Å². The number of ketones is 2. The van der Waals surface area contributed by atoms with E-state index in [1.807, 2.05) is 19.0 Å². The number of phenolic OH excluding ortho intramolecular Hbond substituents is 2. The van der Waals surface area contributed by atoms with Gasteiger partial charge in [0.05, 0.1) is 42.1 Å². The van der Waals surface area contributed by atoms with Crippen LogP contribution < -0.4 is 0 Å². The summed E-state index contributed by atoms with van der Waals surface area (Å²) < 4.78 is 17.3. The number of hydrogen-bond acceptors (Lipinski definition) is 11. The number of nitrogens with zero attached hydrogens (tertiary/aromatic N) is 1. The van der Waals surface area contributed by atoms with Gasteiger partial charge in [-0.25, -0.2) is 0 Å². The molecule has 2 aliphatic carbocycles. The summed E-state index contributed by atoms with van der Waals surface area (Å²) >= 11 is 0. The number of phenols is 2. The summed E-state index contributed by atoms with van der Waals surface area (Å²) in [6.07, 6.45) is -3.09. The van der Waals surface area contributed by atoms with Crippen molar-refractivity contribution in [3.8, 4) is 11.5 Å². The topological polar surface area (TPSA) is 163 Å². The maximum atomic E-state index is 13.6. The minimum Gasteiger partial charge on any atom is -0.507 e. The second-order valence-corrected chi connectivity index (χ2v) is 11.3. The molecule has 2 aromatic rings. The smallest absolute Gasteiger partial charge is 0.316 e. The van der Waals surface area contributed by atoms with E-state index in [1.165, 1.54) is 31.4 Å². The Balaban J connectivity index is 1.69.